The molecule has 0 saturated heterocycles. The van der Waals surface area contributed by atoms with Crippen LogP contribution in [0.15, 0.2) is 22.7 Å². The Kier molecular flexibility index (Phi) is 8.35. The van der Waals surface area contributed by atoms with Gasteiger partial charge in [0, 0.05) is 29.3 Å². The van der Waals surface area contributed by atoms with Crippen molar-refractivity contribution in [3.05, 3.63) is 28.2 Å². The molecule has 3 heteroatoms. The van der Waals surface area contributed by atoms with Crippen LogP contribution in [-0.4, -0.2) is 19.1 Å². The molecule has 2 nitrogen and oxygen atoms in total. The van der Waals surface area contributed by atoms with Gasteiger partial charge in [0.2, 0.25) is 0 Å². The lowest BCUT2D eigenvalue weighted by Gasteiger charge is -2.34. The molecule has 0 heterocycles. The number of nitrogens with one attached hydrogen (secondary N) is 1. The minimum absolute atomic E-state index is 0.624. The van der Waals surface area contributed by atoms with Crippen molar-refractivity contribution in [3.8, 4) is 0 Å². The van der Waals surface area contributed by atoms with Gasteiger partial charge in [0.25, 0.3) is 0 Å². The summed E-state index contributed by atoms with van der Waals surface area (Å²) >= 11 is 3.74. The molecule has 0 aliphatic rings. The molecular weight excluding hydrogens is 324 g/mol. The number of hydrogen-bond acceptors (Lipinski definition) is 2. The van der Waals surface area contributed by atoms with Crippen molar-refractivity contribution in [3.63, 3.8) is 0 Å². The van der Waals surface area contributed by atoms with Crippen molar-refractivity contribution >= 4 is 21.6 Å². The fourth-order valence-electron chi connectivity index (χ4n) is 2.71. The second kappa shape index (κ2) is 9.47. The summed E-state index contributed by atoms with van der Waals surface area (Å²) in [6, 6.07) is 7.43. The Bertz CT molecular complexity index is 414. The molecule has 0 aromatic heterocycles. The largest absolute Gasteiger partial charge is 0.368 e. The lowest BCUT2D eigenvalue weighted by molar-refractivity contribution is 0.507. The molecule has 0 bridgehead atoms. The minimum Gasteiger partial charge on any atom is -0.368 e. The molecule has 0 atom stereocenters. The van der Waals surface area contributed by atoms with E-state index < -0.39 is 0 Å². The topological polar surface area (TPSA) is 15.3 Å². The molecular formula is C18H31BrN2. The highest BCUT2D eigenvalue weighted by atomic mass is 79.9. The fourth-order valence-corrected chi connectivity index (χ4v) is 3.21. The zero-order valence-corrected chi connectivity index (χ0v) is 15.8. The Morgan fingerprint density at radius 1 is 1.14 bits per heavy atom. The van der Waals surface area contributed by atoms with E-state index in [2.05, 4.69) is 79.0 Å². The van der Waals surface area contributed by atoms with Crippen LogP contribution in [0.4, 0.5) is 5.69 Å². The second-order valence-corrected chi connectivity index (χ2v) is 6.93. The van der Waals surface area contributed by atoms with Crippen molar-refractivity contribution in [1.29, 1.82) is 0 Å². The van der Waals surface area contributed by atoms with Crippen LogP contribution < -0.4 is 10.2 Å². The SMILES string of the molecule is CCNCc1ccc(N(CC(C)C)C(CC)CC)cc1Br. The zero-order valence-electron chi connectivity index (χ0n) is 14.2. The number of benzene rings is 1. The summed E-state index contributed by atoms with van der Waals surface area (Å²) in [4.78, 5) is 2.58. The maximum Gasteiger partial charge on any atom is 0.0380 e. The average Bonchev–Trinajstić information content (AvgIpc) is 2.45. The van der Waals surface area contributed by atoms with Crippen LogP contribution in [0, 0.1) is 5.92 Å². The van der Waals surface area contributed by atoms with Gasteiger partial charge in [-0.15, -0.1) is 0 Å². The number of rotatable bonds is 9. The summed E-state index contributed by atoms with van der Waals surface area (Å²) < 4.78 is 1.21. The Hall–Kier alpha value is -0.540. The molecule has 1 rings (SSSR count). The van der Waals surface area contributed by atoms with Gasteiger partial charge >= 0.3 is 0 Å². The van der Waals surface area contributed by atoms with E-state index in [-0.39, 0.29) is 0 Å². The molecule has 0 amide bonds. The maximum absolute atomic E-state index is 3.74. The quantitative estimate of drug-likeness (QED) is 0.654. The third-order valence-electron chi connectivity index (χ3n) is 3.88. The van der Waals surface area contributed by atoms with Crippen LogP contribution in [0.2, 0.25) is 0 Å². The number of anilines is 1. The fraction of sp³-hybridized carbons (Fsp3) is 0.667. The summed E-state index contributed by atoms with van der Waals surface area (Å²) in [6.07, 6.45) is 2.39. The Morgan fingerprint density at radius 2 is 1.81 bits per heavy atom. The molecule has 0 saturated carbocycles. The molecule has 120 valence electrons. The van der Waals surface area contributed by atoms with Crippen molar-refractivity contribution in [2.75, 3.05) is 18.0 Å². The smallest absolute Gasteiger partial charge is 0.0380 e. The summed E-state index contributed by atoms with van der Waals surface area (Å²) in [7, 11) is 0. The molecule has 0 aliphatic heterocycles. The van der Waals surface area contributed by atoms with Gasteiger partial charge in [-0.05, 0) is 43.0 Å². The summed E-state index contributed by atoms with van der Waals surface area (Å²) in [5.41, 5.74) is 2.67. The van der Waals surface area contributed by atoms with Crippen LogP contribution in [-0.2, 0) is 6.54 Å². The van der Waals surface area contributed by atoms with Crippen molar-refractivity contribution in [2.45, 2.75) is 60.0 Å². The van der Waals surface area contributed by atoms with Crippen molar-refractivity contribution < 1.29 is 0 Å². The third kappa shape index (κ3) is 5.63. The van der Waals surface area contributed by atoms with E-state index in [1.165, 1.54) is 28.6 Å². The predicted molar refractivity (Wildman–Crippen MR) is 98.1 cm³/mol. The number of halogens is 1. The first kappa shape index (κ1) is 18.5. The van der Waals surface area contributed by atoms with Gasteiger partial charge in [-0.1, -0.05) is 56.6 Å². The van der Waals surface area contributed by atoms with Crippen LogP contribution in [0.5, 0.6) is 0 Å². The standard InChI is InChI=1S/C18H31BrN2/c1-6-16(7-2)21(13-14(4)5)17-10-9-15(12-20-8-3)18(19)11-17/h9-11,14,16,20H,6-8,12-13H2,1-5H3. The first-order chi connectivity index (χ1) is 10.0. The van der Waals surface area contributed by atoms with Crippen LogP contribution >= 0.6 is 15.9 Å². The Morgan fingerprint density at radius 3 is 2.29 bits per heavy atom. The van der Waals surface area contributed by atoms with Gasteiger partial charge in [-0.25, -0.2) is 0 Å². The molecule has 1 aromatic rings. The van der Waals surface area contributed by atoms with Gasteiger partial charge in [-0.3, -0.25) is 0 Å². The van der Waals surface area contributed by atoms with Crippen molar-refractivity contribution in [2.24, 2.45) is 5.92 Å². The minimum atomic E-state index is 0.624. The molecule has 1 aromatic carbocycles. The molecule has 21 heavy (non-hydrogen) atoms. The highest BCUT2D eigenvalue weighted by molar-refractivity contribution is 9.10. The van der Waals surface area contributed by atoms with E-state index in [1.807, 2.05) is 0 Å². The van der Waals surface area contributed by atoms with E-state index in [1.54, 1.807) is 0 Å². The molecule has 0 unspecified atom stereocenters. The van der Waals surface area contributed by atoms with E-state index in [0.717, 1.165) is 19.6 Å². The van der Waals surface area contributed by atoms with Gasteiger partial charge < -0.3 is 10.2 Å². The van der Waals surface area contributed by atoms with E-state index >= 15 is 0 Å². The van der Waals surface area contributed by atoms with Crippen LogP contribution in [0.25, 0.3) is 0 Å². The number of hydrogen-bond donors (Lipinski definition) is 1. The summed E-state index contributed by atoms with van der Waals surface area (Å²) in [6.45, 7) is 14.3. The van der Waals surface area contributed by atoms with E-state index in [9.17, 15) is 0 Å². The molecule has 1 N–H and O–H groups in total. The number of nitrogens with zero attached hydrogens (tertiary/aromatic N) is 1. The Labute approximate surface area is 139 Å². The Balaban J connectivity index is 2.99. The van der Waals surface area contributed by atoms with E-state index in [0.29, 0.717) is 12.0 Å². The lowest BCUT2D eigenvalue weighted by Crippen LogP contribution is -2.37. The normalized spacial score (nSPS) is 11.4. The highest BCUT2D eigenvalue weighted by Crippen LogP contribution is 2.27. The first-order valence-corrected chi connectivity index (χ1v) is 9.08. The second-order valence-electron chi connectivity index (χ2n) is 6.07. The van der Waals surface area contributed by atoms with Gasteiger partial charge in [-0.2, -0.15) is 0 Å². The van der Waals surface area contributed by atoms with Crippen LogP contribution in [0.1, 0.15) is 53.0 Å². The van der Waals surface area contributed by atoms with E-state index in [4.69, 9.17) is 0 Å². The van der Waals surface area contributed by atoms with Gasteiger partial charge in [0.05, 0.1) is 0 Å². The molecule has 0 aliphatic carbocycles. The van der Waals surface area contributed by atoms with Gasteiger partial charge in [0.15, 0.2) is 0 Å². The monoisotopic (exact) mass is 354 g/mol. The van der Waals surface area contributed by atoms with Crippen molar-refractivity contribution in [1.82, 2.24) is 5.32 Å². The zero-order chi connectivity index (χ0) is 15.8. The third-order valence-corrected chi connectivity index (χ3v) is 4.62. The van der Waals surface area contributed by atoms with Gasteiger partial charge in [0.1, 0.15) is 0 Å². The predicted octanol–water partition coefficient (Wildman–Crippen LogP) is 5.21. The van der Waals surface area contributed by atoms with Crippen LogP contribution in [0.3, 0.4) is 0 Å². The maximum atomic E-state index is 3.74. The summed E-state index contributed by atoms with van der Waals surface area (Å²) in [5, 5.41) is 3.39. The highest BCUT2D eigenvalue weighted by Gasteiger charge is 2.17. The average molecular weight is 355 g/mol. The lowest BCUT2D eigenvalue weighted by atomic mass is 10.1. The first-order valence-electron chi connectivity index (χ1n) is 8.29. The molecule has 0 spiro atoms. The molecule has 0 fully saturated rings. The summed E-state index contributed by atoms with van der Waals surface area (Å²) in [5.74, 6) is 0.672. The molecule has 0 radical (unpaired) electrons.